The zero-order valence-electron chi connectivity index (χ0n) is 12.5. The molecule has 22 heavy (non-hydrogen) atoms. The van der Waals surface area contributed by atoms with Crippen LogP contribution in [0.3, 0.4) is 0 Å². The van der Waals surface area contributed by atoms with E-state index in [-0.39, 0.29) is 24.3 Å². The molecule has 2 N–H and O–H groups in total. The van der Waals surface area contributed by atoms with Crippen molar-refractivity contribution >= 4 is 23.3 Å². The number of hydrogen-bond acceptors (Lipinski definition) is 1. The molecule has 0 radical (unpaired) electrons. The first-order chi connectivity index (χ1) is 10.1. The van der Waals surface area contributed by atoms with E-state index in [0.717, 1.165) is 11.9 Å². The van der Waals surface area contributed by atoms with Crippen LogP contribution in [-0.2, 0) is 13.0 Å². The van der Waals surface area contributed by atoms with Gasteiger partial charge in [-0.15, -0.1) is 12.4 Å². The molecule has 0 aliphatic heterocycles. The summed E-state index contributed by atoms with van der Waals surface area (Å²) in [6.07, 6.45) is 2.92. The lowest BCUT2D eigenvalue weighted by Gasteiger charge is -2.06. The number of nitrogens with zero attached hydrogens (tertiary/aromatic N) is 1. The maximum Gasteiger partial charge on any atom is 0.128 e. The summed E-state index contributed by atoms with van der Waals surface area (Å²) in [6, 6.07) is 15.2. The largest absolute Gasteiger partial charge is 0.343 e. The molecule has 3 aromatic rings. The Bertz CT molecular complexity index is 765. The van der Waals surface area contributed by atoms with Crippen molar-refractivity contribution in [1.29, 1.82) is 0 Å². The lowest BCUT2D eigenvalue weighted by Crippen LogP contribution is -2.17. The van der Waals surface area contributed by atoms with Crippen LogP contribution in [0.1, 0.15) is 18.1 Å². The smallest absolute Gasteiger partial charge is 0.128 e. The zero-order chi connectivity index (χ0) is 14.8. The van der Waals surface area contributed by atoms with E-state index >= 15 is 0 Å². The monoisotopic (exact) mass is 318 g/mol. The minimum absolute atomic E-state index is 0. The highest BCUT2D eigenvalue weighted by Crippen LogP contribution is 2.23. The van der Waals surface area contributed by atoms with Crippen molar-refractivity contribution in [2.75, 3.05) is 0 Å². The molecule has 116 valence electrons. The van der Waals surface area contributed by atoms with Gasteiger partial charge in [0, 0.05) is 28.7 Å². The summed E-state index contributed by atoms with van der Waals surface area (Å²) >= 11 is 0. The number of rotatable bonds is 4. The molecule has 1 unspecified atom stereocenters. The Hall–Kier alpha value is -1.84. The molecule has 3 rings (SSSR count). The molecular formula is C18H20ClFN2. The molecule has 1 aromatic heterocycles. The molecule has 2 aromatic carbocycles. The summed E-state index contributed by atoms with van der Waals surface area (Å²) < 4.78 is 16.0. The van der Waals surface area contributed by atoms with Gasteiger partial charge < -0.3 is 10.3 Å². The van der Waals surface area contributed by atoms with Crippen LogP contribution >= 0.6 is 12.4 Å². The van der Waals surface area contributed by atoms with Crippen molar-refractivity contribution in [3.8, 4) is 0 Å². The van der Waals surface area contributed by atoms with Crippen molar-refractivity contribution in [1.82, 2.24) is 4.57 Å². The summed E-state index contributed by atoms with van der Waals surface area (Å²) in [5.41, 5.74) is 8.97. The number of hydrogen-bond donors (Lipinski definition) is 1. The maximum absolute atomic E-state index is 13.9. The predicted octanol–water partition coefficient (Wildman–Crippen LogP) is 4.14. The third-order valence-corrected chi connectivity index (χ3v) is 3.71. The minimum atomic E-state index is -0.163. The molecule has 1 heterocycles. The average Bonchev–Trinajstić information content (AvgIpc) is 2.79. The van der Waals surface area contributed by atoms with Gasteiger partial charge in [0.1, 0.15) is 5.82 Å². The number of para-hydroxylation sites is 1. The Morgan fingerprint density at radius 3 is 2.45 bits per heavy atom. The lowest BCUT2D eigenvalue weighted by atomic mass is 10.1. The second-order valence-electron chi connectivity index (χ2n) is 5.57. The molecule has 0 saturated heterocycles. The summed E-state index contributed by atoms with van der Waals surface area (Å²) in [5.74, 6) is -0.163. The van der Waals surface area contributed by atoms with E-state index in [1.54, 1.807) is 6.07 Å². The molecule has 0 aliphatic rings. The van der Waals surface area contributed by atoms with E-state index in [0.29, 0.717) is 12.1 Å². The summed E-state index contributed by atoms with van der Waals surface area (Å²) in [5, 5.41) is 1.20. The fourth-order valence-corrected chi connectivity index (χ4v) is 2.77. The number of fused-ring (bicyclic) bond motifs is 1. The predicted molar refractivity (Wildman–Crippen MR) is 92.0 cm³/mol. The zero-order valence-corrected chi connectivity index (χ0v) is 13.3. The maximum atomic E-state index is 13.9. The molecule has 0 aliphatic carbocycles. The minimum Gasteiger partial charge on any atom is -0.343 e. The van der Waals surface area contributed by atoms with Gasteiger partial charge in [0.25, 0.3) is 0 Å². The highest BCUT2D eigenvalue weighted by atomic mass is 35.5. The van der Waals surface area contributed by atoms with Gasteiger partial charge in [0.15, 0.2) is 0 Å². The van der Waals surface area contributed by atoms with Crippen LogP contribution in [0.25, 0.3) is 10.9 Å². The van der Waals surface area contributed by atoms with Gasteiger partial charge in [0.05, 0.1) is 6.54 Å². The quantitative estimate of drug-likeness (QED) is 0.770. The fourth-order valence-electron chi connectivity index (χ4n) is 2.77. The lowest BCUT2D eigenvalue weighted by molar-refractivity contribution is 0.601. The third kappa shape index (κ3) is 3.32. The van der Waals surface area contributed by atoms with Crippen molar-refractivity contribution in [3.63, 3.8) is 0 Å². The van der Waals surface area contributed by atoms with Gasteiger partial charge in [-0.25, -0.2) is 4.39 Å². The van der Waals surface area contributed by atoms with Crippen LogP contribution in [-0.4, -0.2) is 10.6 Å². The average molecular weight is 319 g/mol. The van der Waals surface area contributed by atoms with Gasteiger partial charge in [0.2, 0.25) is 0 Å². The number of benzene rings is 2. The molecule has 0 saturated carbocycles. The van der Waals surface area contributed by atoms with Gasteiger partial charge in [-0.2, -0.15) is 0 Å². The van der Waals surface area contributed by atoms with Crippen molar-refractivity contribution in [3.05, 3.63) is 71.7 Å². The molecule has 0 amide bonds. The van der Waals surface area contributed by atoms with Crippen LogP contribution in [0.2, 0.25) is 0 Å². The van der Waals surface area contributed by atoms with Gasteiger partial charge in [-0.05, 0) is 31.0 Å². The van der Waals surface area contributed by atoms with Crippen molar-refractivity contribution < 1.29 is 4.39 Å². The van der Waals surface area contributed by atoms with E-state index in [4.69, 9.17) is 5.73 Å². The highest BCUT2D eigenvalue weighted by molar-refractivity contribution is 5.85. The SMILES string of the molecule is CC(N)Cc1cn(Cc2ccccc2F)c2ccccc12.Cl. The molecule has 2 nitrogen and oxygen atoms in total. The first-order valence-electron chi connectivity index (χ1n) is 7.21. The Labute approximate surface area is 136 Å². The number of halogens is 2. The third-order valence-electron chi connectivity index (χ3n) is 3.71. The van der Waals surface area contributed by atoms with E-state index in [1.807, 2.05) is 31.2 Å². The van der Waals surface area contributed by atoms with Gasteiger partial charge >= 0.3 is 0 Å². The van der Waals surface area contributed by atoms with Gasteiger partial charge in [-0.3, -0.25) is 0 Å². The van der Waals surface area contributed by atoms with Crippen LogP contribution in [0.15, 0.2) is 54.7 Å². The van der Waals surface area contributed by atoms with E-state index in [9.17, 15) is 4.39 Å². The van der Waals surface area contributed by atoms with Crippen LogP contribution in [0.5, 0.6) is 0 Å². The first-order valence-corrected chi connectivity index (χ1v) is 7.21. The first kappa shape index (κ1) is 16.5. The van der Waals surface area contributed by atoms with Gasteiger partial charge in [-0.1, -0.05) is 36.4 Å². The molecule has 4 heteroatoms. The number of nitrogens with two attached hydrogens (primary N) is 1. The van der Waals surface area contributed by atoms with Crippen molar-refractivity contribution in [2.24, 2.45) is 5.73 Å². The topological polar surface area (TPSA) is 30.9 Å². The normalized spacial score (nSPS) is 12.1. The van der Waals surface area contributed by atoms with Crippen molar-refractivity contribution in [2.45, 2.75) is 25.9 Å². The molecule has 0 bridgehead atoms. The highest BCUT2D eigenvalue weighted by Gasteiger charge is 2.11. The fraction of sp³-hybridized carbons (Fsp3) is 0.222. The number of aromatic nitrogens is 1. The van der Waals surface area contributed by atoms with E-state index in [1.165, 1.54) is 17.0 Å². The van der Waals surface area contributed by atoms with Crippen LogP contribution in [0.4, 0.5) is 4.39 Å². The molecular weight excluding hydrogens is 299 g/mol. The summed E-state index contributed by atoms with van der Waals surface area (Å²) in [4.78, 5) is 0. The standard InChI is InChI=1S/C18H19FN2.ClH/c1-13(20)10-15-12-21(18-9-5-3-7-16(15)18)11-14-6-2-4-8-17(14)19;/h2-9,12-13H,10-11,20H2,1H3;1H. The molecule has 0 spiro atoms. The second kappa shape index (κ2) is 6.95. The summed E-state index contributed by atoms with van der Waals surface area (Å²) in [7, 11) is 0. The van der Waals surface area contributed by atoms with Crippen LogP contribution < -0.4 is 5.73 Å². The Kier molecular flexibility index (Phi) is 5.22. The Balaban J connectivity index is 0.00000176. The Morgan fingerprint density at radius 2 is 1.73 bits per heavy atom. The Morgan fingerprint density at radius 1 is 1.05 bits per heavy atom. The van der Waals surface area contributed by atoms with E-state index < -0.39 is 0 Å². The summed E-state index contributed by atoms with van der Waals surface area (Å²) in [6.45, 7) is 2.54. The van der Waals surface area contributed by atoms with Crippen LogP contribution in [0, 0.1) is 5.82 Å². The van der Waals surface area contributed by atoms with E-state index in [2.05, 4.69) is 22.9 Å². The second-order valence-corrected chi connectivity index (χ2v) is 5.57. The molecule has 1 atom stereocenters. The molecule has 0 fully saturated rings.